The van der Waals surface area contributed by atoms with Crippen molar-refractivity contribution in [3.8, 4) is 0 Å². The summed E-state index contributed by atoms with van der Waals surface area (Å²) >= 11 is 0. The molecule has 0 bridgehead atoms. The molecule has 0 aliphatic rings. The third-order valence-corrected chi connectivity index (χ3v) is 2.35. The molecule has 2 aromatic rings. The van der Waals surface area contributed by atoms with Crippen molar-refractivity contribution in [3.05, 3.63) is 54.4 Å². The molecule has 0 amide bonds. The smallest absolute Gasteiger partial charge is 0.264 e. The summed E-state index contributed by atoms with van der Waals surface area (Å²) in [7, 11) is 0. The Kier molecular flexibility index (Phi) is 3.12. The van der Waals surface area contributed by atoms with Gasteiger partial charge in [-0.15, -0.1) is 0 Å². The molecule has 1 heterocycles. The lowest BCUT2D eigenvalue weighted by Crippen LogP contribution is -2.36. The molecule has 0 aliphatic carbocycles. The van der Waals surface area contributed by atoms with Crippen molar-refractivity contribution in [2.75, 3.05) is 0 Å². The second kappa shape index (κ2) is 4.72. The first-order valence-electron chi connectivity index (χ1n) is 5.11. The molecule has 4 nitrogen and oxygen atoms in total. The topological polar surface area (TPSA) is 60.9 Å². The van der Waals surface area contributed by atoms with E-state index in [1.807, 2.05) is 30.3 Å². The quantitative estimate of drug-likeness (QED) is 0.833. The first-order valence-corrected chi connectivity index (χ1v) is 5.11. The Morgan fingerprint density at radius 1 is 1.31 bits per heavy atom. The third-order valence-electron chi connectivity index (χ3n) is 2.35. The van der Waals surface area contributed by atoms with Crippen LogP contribution in [0.15, 0.2) is 48.8 Å². The molecule has 2 N–H and O–H groups in total. The maximum absolute atomic E-state index is 11.8. The molecule has 82 valence electrons. The molecular weight excluding hydrogens is 202 g/mol. The Hall–Kier alpha value is -1.94. The number of benzene rings is 1. The van der Waals surface area contributed by atoms with E-state index < -0.39 is 6.04 Å². The van der Waals surface area contributed by atoms with Crippen LogP contribution in [0.25, 0.3) is 0 Å². The van der Waals surface area contributed by atoms with Gasteiger partial charge in [-0.2, -0.15) is 5.10 Å². The van der Waals surface area contributed by atoms with Gasteiger partial charge in [0.25, 0.3) is 5.91 Å². The maximum Gasteiger partial charge on any atom is 0.264 e. The van der Waals surface area contributed by atoms with Crippen molar-refractivity contribution in [1.82, 2.24) is 9.78 Å². The van der Waals surface area contributed by atoms with E-state index in [2.05, 4.69) is 5.10 Å². The fourth-order valence-electron chi connectivity index (χ4n) is 1.52. The molecule has 1 aromatic heterocycles. The first-order chi connectivity index (χ1) is 7.77. The first kappa shape index (κ1) is 10.6. The van der Waals surface area contributed by atoms with E-state index in [4.69, 9.17) is 5.73 Å². The van der Waals surface area contributed by atoms with Gasteiger partial charge in [0, 0.05) is 12.4 Å². The van der Waals surface area contributed by atoms with Crippen molar-refractivity contribution in [2.45, 2.75) is 12.5 Å². The van der Waals surface area contributed by atoms with Crippen LogP contribution in [-0.2, 0) is 6.42 Å². The molecule has 1 unspecified atom stereocenters. The maximum atomic E-state index is 11.8. The largest absolute Gasteiger partial charge is 0.320 e. The summed E-state index contributed by atoms with van der Waals surface area (Å²) in [6, 6.07) is 10.9. The van der Waals surface area contributed by atoms with E-state index in [1.165, 1.54) is 4.68 Å². The van der Waals surface area contributed by atoms with Gasteiger partial charge in [-0.3, -0.25) is 4.79 Å². The second-order valence-electron chi connectivity index (χ2n) is 3.59. The lowest BCUT2D eigenvalue weighted by molar-refractivity contribution is 0.0863. The van der Waals surface area contributed by atoms with E-state index in [1.54, 1.807) is 18.5 Å². The molecule has 0 spiro atoms. The predicted molar refractivity (Wildman–Crippen MR) is 61.0 cm³/mol. The van der Waals surface area contributed by atoms with E-state index in [0.29, 0.717) is 6.42 Å². The van der Waals surface area contributed by atoms with E-state index in [0.717, 1.165) is 5.56 Å². The summed E-state index contributed by atoms with van der Waals surface area (Å²) in [6.45, 7) is 0. The molecule has 2 rings (SSSR count). The minimum Gasteiger partial charge on any atom is -0.320 e. The van der Waals surface area contributed by atoms with E-state index >= 15 is 0 Å². The fraction of sp³-hybridized carbons (Fsp3) is 0.167. The summed E-state index contributed by atoms with van der Waals surface area (Å²) < 4.78 is 1.27. The Morgan fingerprint density at radius 3 is 2.69 bits per heavy atom. The number of nitrogens with two attached hydrogens (primary N) is 1. The highest BCUT2D eigenvalue weighted by Gasteiger charge is 2.15. The van der Waals surface area contributed by atoms with Crippen LogP contribution < -0.4 is 5.73 Å². The standard InChI is InChI=1S/C12H13N3O/c13-11(9-10-5-2-1-3-6-10)12(16)15-8-4-7-14-15/h1-8,11H,9,13H2. The molecule has 1 atom stereocenters. The molecule has 16 heavy (non-hydrogen) atoms. The SMILES string of the molecule is NC(Cc1ccccc1)C(=O)n1cccn1. The zero-order valence-electron chi connectivity index (χ0n) is 8.78. The third kappa shape index (κ3) is 2.35. The van der Waals surface area contributed by atoms with Gasteiger partial charge < -0.3 is 5.73 Å². The number of nitrogens with zero attached hydrogens (tertiary/aromatic N) is 2. The second-order valence-corrected chi connectivity index (χ2v) is 3.59. The van der Waals surface area contributed by atoms with Crippen LogP contribution in [0, 0.1) is 0 Å². The van der Waals surface area contributed by atoms with Crippen molar-refractivity contribution >= 4 is 5.91 Å². The monoisotopic (exact) mass is 215 g/mol. The Labute approximate surface area is 93.7 Å². The van der Waals surface area contributed by atoms with Crippen LogP contribution in [0.4, 0.5) is 0 Å². The number of hydrogen-bond acceptors (Lipinski definition) is 3. The predicted octanol–water partition coefficient (Wildman–Crippen LogP) is 1.09. The number of aromatic nitrogens is 2. The van der Waals surface area contributed by atoms with Crippen LogP contribution in [0.1, 0.15) is 10.4 Å². The molecule has 0 saturated carbocycles. The van der Waals surface area contributed by atoms with Crippen molar-refractivity contribution in [2.24, 2.45) is 5.73 Å². The molecule has 4 heteroatoms. The van der Waals surface area contributed by atoms with E-state index in [9.17, 15) is 4.79 Å². The molecule has 0 aliphatic heterocycles. The highest BCUT2D eigenvalue weighted by atomic mass is 16.2. The Morgan fingerprint density at radius 2 is 2.06 bits per heavy atom. The number of carbonyl (C=O) groups excluding carboxylic acids is 1. The van der Waals surface area contributed by atoms with Crippen molar-refractivity contribution in [3.63, 3.8) is 0 Å². The normalized spacial score (nSPS) is 12.3. The van der Waals surface area contributed by atoms with Crippen molar-refractivity contribution < 1.29 is 4.79 Å². The molecule has 0 radical (unpaired) electrons. The van der Waals surface area contributed by atoms with E-state index in [-0.39, 0.29) is 5.91 Å². The molecule has 0 fully saturated rings. The van der Waals surface area contributed by atoms with Crippen LogP contribution in [0.3, 0.4) is 0 Å². The summed E-state index contributed by atoms with van der Waals surface area (Å²) in [5, 5.41) is 3.87. The highest BCUT2D eigenvalue weighted by molar-refractivity contribution is 5.83. The Balaban J connectivity index is 2.04. The minimum absolute atomic E-state index is 0.186. The summed E-state index contributed by atoms with van der Waals surface area (Å²) in [4.78, 5) is 11.8. The molecule has 1 aromatic carbocycles. The number of hydrogen-bond donors (Lipinski definition) is 1. The van der Waals surface area contributed by atoms with Gasteiger partial charge in [0.15, 0.2) is 0 Å². The van der Waals surface area contributed by atoms with Gasteiger partial charge in [0.2, 0.25) is 0 Å². The molecule has 0 saturated heterocycles. The summed E-state index contributed by atoms with van der Waals surface area (Å²) in [5.41, 5.74) is 6.88. The van der Waals surface area contributed by atoms with Crippen LogP contribution >= 0.6 is 0 Å². The zero-order valence-corrected chi connectivity index (χ0v) is 8.78. The van der Waals surface area contributed by atoms with Crippen LogP contribution in [0.5, 0.6) is 0 Å². The fourth-order valence-corrected chi connectivity index (χ4v) is 1.52. The van der Waals surface area contributed by atoms with Gasteiger partial charge in [0.05, 0.1) is 6.04 Å². The van der Waals surface area contributed by atoms with Crippen LogP contribution in [0.2, 0.25) is 0 Å². The molecular formula is C12H13N3O. The number of rotatable bonds is 3. The lowest BCUT2D eigenvalue weighted by atomic mass is 10.1. The summed E-state index contributed by atoms with van der Waals surface area (Å²) in [5.74, 6) is -0.186. The lowest BCUT2D eigenvalue weighted by Gasteiger charge is -2.09. The van der Waals surface area contributed by atoms with Gasteiger partial charge in [-0.25, -0.2) is 4.68 Å². The zero-order chi connectivity index (χ0) is 11.4. The van der Waals surface area contributed by atoms with Crippen LogP contribution in [-0.4, -0.2) is 21.7 Å². The average Bonchev–Trinajstić information content (AvgIpc) is 2.83. The number of carbonyl (C=O) groups is 1. The van der Waals surface area contributed by atoms with Gasteiger partial charge in [-0.1, -0.05) is 30.3 Å². The highest BCUT2D eigenvalue weighted by Crippen LogP contribution is 2.03. The minimum atomic E-state index is -0.553. The van der Waals surface area contributed by atoms with Gasteiger partial charge in [-0.05, 0) is 18.1 Å². The van der Waals surface area contributed by atoms with Gasteiger partial charge in [0.1, 0.15) is 0 Å². The van der Waals surface area contributed by atoms with Crippen molar-refractivity contribution in [1.29, 1.82) is 0 Å². The van der Waals surface area contributed by atoms with Gasteiger partial charge >= 0.3 is 0 Å². The summed E-state index contributed by atoms with van der Waals surface area (Å²) in [6.07, 6.45) is 3.69. The average molecular weight is 215 g/mol. The Bertz CT molecular complexity index is 450.